The molecule has 1 aromatic carbocycles. The molecule has 2 atom stereocenters. The summed E-state index contributed by atoms with van der Waals surface area (Å²) in [5.74, 6) is 2.03. The molecule has 0 unspecified atom stereocenters. The number of amides is 1. The van der Waals surface area contributed by atoms with Crippen molar-refractivity contribution in [2.45, 2.75) is 40.3 Å². The molecule has 1 aliphatic heterocycles. The lowest BCUT2D eigenvalue weighted by Gasteiger charge is -2.34. The summed E-state index contributed by atoms with van der Waals surface area (Å²) in [6, 6.07) is 7.88. The zero-order chi connectivity index (χ0) is 17.8. The van der Waals surface area contributed by atoms with Crippen LogP contribution in [0.5, 0.6) is 5.75 Å². The molecule has 6 heteroatoms. The van der Waals surface area contributed by atoms with Crippen LogP contribution < -0.4 is 4.74 Å². The van der Waals surface area contributed by atoms with Crippen LogP contribution in [0.4, 0.5) is 0 Å². The van der Waals surface area contributed by atoms with Crippen molar-refractivity contribution in [2.24, 2.45) is 11.8 Å². The van der Waals surface area contributed by atoms with Gasteiger partial charge >= 0.3 is 0 Å². The molecule has 0 saturated carbocycles. The molecule has 0 spiro atoms. The number of benzene rings is 1. The summed E-state index contributed by atoms with van der Waals surface area (Å²) in [5, 5.41) is 8.16. The maximum absolute atomic E-state index is 12.5. The third-order valence-electron chi connectivity index (χ3n) is 4.48. The van der Waals surface area contributed by atoms with E-state index >= 15 is 0 Å². The van der Waals surface area contributed by atoms with Gasteiger partial charge in [-0.25, -0.2) is 4.68 Å². The average molecular weight is 342 g/mol. The Morgan fingerprint density at radius 3 is 2.76 bits per heavy atom. The predicted octanol–water partition coefficient (Wildman–Crippen LogP) is 2.67. The van der Waals surface area contributed by atoms with Gasteiger partial charge in [0.05, 0.1) is 6.20 Å². The molecule has 3 rings (SSSR count). The minimum absolute atomic E-state index is 0.106. The highest BCUT2D eigenvalue weighted by Crippen LogP contribution is 2.21. The second-order valence-corrected chi connectivity index (χ2v) is 7.26. The number of rotatable bonds is 5. The Labute approximate surface area is 148 Å². The number of likely N-dealkylation sites (tertiary alicyclic amines) is 1. The summed E-state index contributed by atoms with van der Waals surface area (Å²) in [6.07, 6.45) is 2.97. The van der Waals surface area contributed by atoms with Gasteiger partial charge in [0.1, 0.15) is 24.6 Å². The molecule has 25 heavy (non-hydrogen) atoms. The molecule has 1 aromatic heterocycles. The van der Waals surface area contributed by atoms with Crippen LogP contribution in [0.1, 0.15) is 31.5 Å². The second kappa shape index (κ2) is 7.68. The minimum atomic E-state index is 0.106. The number of ether oxygens (including phenoxy) is 1. The van der Waals surface area contributed by atoms with Crippen LogP contribution in [0, 0.1) is 18.8 Å². The summed E-state index contributed by atoms with van der Waals surface area (Å²) in [7, 11) is 0. The second-order valence-electron chi connectivity index (χ2n) is 7.26. The van der Waals surface area contributed by atoms with Gasteiger partial charge in [0.2, 0.25) is 5.91 Å². The molecule has 1 amide bonds. The summed E-state index contributed by atoms with van der Waals surface area (Å²) in [6.45, 7) is 8.67. The third kappa shape index (κ3) is 4.81. The molecule has 1 fully saturated rings. The predicted molar refractivity (Wildman–Crippen MR) is 95.1 cm³/mol. The maximum atomic E-state index is 12.5. The lowest BCUT2D eigenvalue weighted by molar-refractivity contribution is -0.134. The number of carbonyl (C=O) groups is 1. The smallest absolute Gasteiger partial charge is 0.244 e. The summed E-state index contributed by atoms with van der Waals surface area (Å²) < 4.78 is 7.32. The molecular weight excluding hydrogens is 316 g/mol. The summed E-state index contributed by atoms with van der Waals surface area (Å²) in [5.41, 5.74) is 1.87. The van der Waals surface area contributed by atoms with Crippen molar-refractivity contribution in [1.29, 1.82) is 0 Å². The summed E-state index contributed by atoms with van der Waals surface area (Å²) >= 11 is 0. The van der Waals surface area contributed by atoms with Crippen LogP contribution in [0.2, 0.25) is 0 Å². The Hall–Kier alpha value is -2.37. The maximum Gasteiger partial charge on any atom is 0.244 e. The van der Waals surface area contributed by atoms with Gasteiger partial charge in [-0.1, -0.05) is 31.2 Å². The molecule has 134 valence electrons. The van der Waals surface area contributed by atoms with E-state index in [1.165, 1.54) is 6.42 Å². The van der Waals surface area contributed by atoms with E-state index < -0.39 is 0 Å². The molecule has 0 bridgehead atoms. The van der Waals surface area contributed by atoms with Crippen molar-refractivity contribution in [2.75, 3.05) is 13.1 Å². The van der Waals surface area contributed by atoms with E-state index in [9.17, 15) is 4.79 Å². The van der Waals surface area contributed by atoms with Gasteiger partial charge in [-0.15, -0.1) is 5.10 Å². The quantitative estimate of drug-likeness (QED) is 0.838. The Balaban J connectivity index is 1.53. The van der Waals surface area contributed by atoms with E-state index in [0.29, 0.717) is 18.4 Å². The minimum Gasteiger partial charge on any atom is -0.487 e. The molecule has 2 aromatic rings. The Bertz CT molecular complexity index is 718. The van der Waals surface area contributed by atoms with Crippen molar-refractivity contribution >= 4 is 5.91 Å². The molecule has 6 nitrogen and oxygen atoms in total. The first kappa shape index (κ1) is 17.5. The monoisotopic (exact) mass is 342 g/mol. The largest absolute Gasteiger partial charge is 0.487 e. The van der Waals surface area contributed by atoms with E-state index in [-0.39, 0.29) is 12.5 Å². The van der Waals surface area contributed by atoms with Crippen LogP contribution in [-0.4, -0.2) is 38.9 Å². The Morgan fingerprint density at radius 2 is 2.04 bits per heavy atom. The SMILES string of the molecule is Cc1cccc(OCc2cn(CC(=O)N3C[C@H](C)C[C@@H](C)C3)nn2)c1. The number of aryl methyl sites for hydroxylation is 1. The average Bonchev–Trinajstić information content (AvgIpc) is 2.99. The summed E-state index contributed by atoms with van der Waals surface area (Å²) in [4.78, 5) is 14.4. The number of aromatic nitrogens is 3. The molecule has 2 heterocycles. The molecule has 1 saturated heterocycles. The van der Waals surface area contributed by atoms with Gasteiger partial charge in [-0.3, -0.25) is 4.79 Å². The fourth-order valence-electron chi connectivity index (χ4n) is 3.45. The molecule has 0 radical (unpaired) electrons. The number of nitrogens with zero attached hydrogens (tertiary/aromatic N) is 4. The van der Waals surface area contributed by atoms with E-state index in [1.807, 2.05) is 36.1 Å². The highest BCUT2D eigenvalue weighted by molar-refractivity contribution is 5.76. The Morgan fingerprint density at radius 1 is 1.28 bits per heavy atom. The third-order valence-corrected chi connectivity index (χ3v) is 4.48. The fourth-order valence-corrected chi connectivity index (χ4v) is 3.45. The molecule has 0 aliphatic carbocycles. The number of piperidine rings is 1. The Kier molecular flexibility index (Phi) is 5.36. The van der Waals surface area contributed by atoms with Gasteiger partial charge in [0.15, 0.2) is 0 Å². The number of carbonyl (C=O) groups excluding carboxylic acids is 1. The van der Waals surface area contributed by atoms with E-state index in [1.54, 1.807) is 10.9 Å². The zero-order valence-electron chi connectivity index (χ0n) is 15.2. The standard InChI is InChI=1S/C19H26N4O2/c1-14-5-4-6-18(8-14)25-13-17-11-23(21-20-17)12-19(24)22-9-15(2)7-16(3)10-22/h4-6,8,11,15-16H,7,9-10,12-13H2,1-3H3/t15-,16-/m1/s1. The van der Waals surface area contributed by atoms with Crippen molar-refractivity contribution in [3.05, 3.63) is 41.7 Å². The molecule has 1 aliphatic rings. The van der Waals surface area contributed by atoms with Crippen molar-refractivity contribution in [3.8, 4) is 5.75 Å². The first-order valence-corrected chi connectivity index (χ1v) is 8.86. The van der Waals surface area contributed by atoms with E-state index in [0.717, 1.165) is 30.1 Å². The van der Waals surface area contributed by atoms with Crippen molar-refractivity contribution in [3.63, 3.8) is 0 Å². The van der Waals surface area contributed by atoms with Crippen LogP contribution >= 0.6 is 0 Å². The van der Waals surface area contributed by atoms with Crippen LogP contribution in [0.3, 0.4) is 0 Å². The lowest BCUT2D eigenvalue weighted by Crippen LogP contribution is -2.44. The number of hydrogen-bond acceptors (Lipinski definition) is 4. The van der Waals surface area contributed by atoms with Gasteiger partial charge in [-0.2, -0.15) is 0 Å². The van der Waals surface area contributed by atoms with E-state index in [2.05, 4.69) is 24.2 Å². The lowest BCUT2D eigenvalue weighted by atomic mass is 9.92. The van der Waals surface area contributed by atoms with Crippen LogP contribution in [0.15, 0.2) is 30.5 Å². The first-order chi connectivity index (χ1) is 12.0. The van der Waals surface area contributed by atoms with Gasteiger partial charge in [-0.05, 0) is 42.9 Å². The van der Waals surface area contributed by atoms with Crippen LogP contribution in [0.25, 0.3) is 0 Å². The molecular formula is C19H26N4O2. The normalized spacial score (nSPS) is 20.5. The first-order valence-electron chi connectivity index (χ1n) is 8.86. The highest BCUT2D eigenvalue weighted by atomic mass is 16.5. The molecule has 0 N–H and O–H groups in total. The number of hydrogen-bond donors (Lipinski definition) is 0. The zero-order valence-corrected chi connectivity index (χ0v) is 15.2. The van der Waals surface area contributed by atoms with Crippen molar-refractivity contribution in [1.82, 2.24) is 19.9 Å². The van der Waals surface area contributed by atoms with Gasteiger partial charge in [0, 0.05) is 13.1 Å². The highest BCUT2D eigenvalue weighted by Gasteiger charge is 2.25. The van der Waals surface area contributed by atoms with Crippen LogP contribution in [-0.2, 0) is 17.9 Å². The fraction of sp³-hybridized carbons (Fsp3) is 0.526. The van der Waals surface area contributed by atoms with Gasteiger partial charge < -0.3 is 9.64 Å². The van der Waals surface area contributed by atoms with E-state index in [4.69, 9.17) is 4.74 Å². The van der Waals surface area contributed by atoms with Crippen molar-refractivity contribution < 1.29 is 9.53 Å². The van der Waals surface area contributed by atoms with Gasteiger partial charge in [0.25, 0.3) is 0 Å². The topological polar surface area (TPSA) is 60.2 Å².